The summed E-state index contributed by atoms with van der Waals surface area (Å²) in [5, 5.41) is 20.0. The van der Waals surface area contributed by atoms with Gasteiger partial charge in [-0.15, -0.1) is 0 Å². The molecule has 4 aliphatic carbocycles. The van der Waals surface area contributed by atoms with E-state index in [1.54, 1.807) is 14.0 Å². The van der Waals surface area contributed by atoms with Crippen LogP contribution in [0.4, 0.5) is 0 Å². The van der Waals surface area contributed by atoms with E-state index < -0.39 is 11.7 Å². The lowest BCUT2D eigenvalue weighted by Gasteiger charge is -2.49. The number of aliphatic hydroxyl groups excluding tert-OH is 2. The minimum atomic E-state index is -0.493. The molecular formula is C26H38O4. The van der Waals surface area contributed by atoms with E-state index in [2.05, 4.69) is 26.0 Å². The number of hydrogen-bond acceptors (Lipinski definition) is 4. The van der Waals surface area contributed by atoms with Crippen LogP contribution in [0.15, 0.2) is 35.5 Å². The Labute approximate surface area is 181 Å². The molecule has 2 N–H and O–H groups in total. The van der Waals surface area contributed by atoms with Gasteiger partial charge in [-0.1, -0.05) is 36.3 Å². The minimum Gasteiger partial charge on any atom is -0.393 e. The zero-order valence-corrected chi connectivity index (χ0v) is 18.9. The molecule has 0 aromatic heterocycles. The van der Waals surface area contributed by atoms with Gasteiger partial charge in [0.25, 0.3) is 0 Å². The number of carbonyl (C=O) groups excluding carboxylic acids is 1. The van der Waals surface area contributed by atoms with Crippen LogP contribution >= 0.6 is 0 Å². The molecule has 0 aromatic carbocycles. The van der Waals surface area contributed by atoms with Gasteiger partial charge in [-0.25, -0.2) is 0 Å². The second kappa shape index (κ2) is 8.03. The quantitative estimate of drug-likeness (QED) is 0.671. The molecule has 8 atom stereocenters. The maximum absolute atomic E-state index is 13.1. The predicted octanol–water partition coefficient (Wildman–Crippen LogP) is 4.37. The van der Waals surface area contributed by atoms with E-state index in [9.17, 15) is 15.0 Å². The van der Waals surface area contributed by atoms with Crippen molar-refractivity contribution in [2.45, 2.75) is 83.5 Å². The van der Waals surface area contributed by atoms with E-state index in [1.807, 2.05) is 12.2 Å². The number of ketones is 1. The van der Waals surface area contributed by atoms with Crippen molar-refractivity contribution in [3.63, 3.8) is 0 Å². The molecule has 0 unspecified atom stereocenters. The summed E-state index contributed by atoms with van der Waals surface area (Å²) in [4.78, 5) is 13.1. The molecule has 0 saturated heterocycles. The molecule has 166 valence electrons. The van der Waals surface area contributed by atoms with Gasteiger partial charge >= 0.3 is 0 Å². The Morgan fingerprint density at radius 2 is 2.10 bits per heavy atom. The molecule has 4 heteroatoms. The summed E-state index contributed by atoms with van der Waals surface area (Å²) in [6.45, 7) is 6.31. The van der Waals surface area contributed by atoms with Gasteiger partial charge in [-0.2, -0.15) is 0 Å². The van der Waals surface area contributed by atoms with Gasteiger partial charge in [0.2, 0.25) is 0 Å². The van der Waals surface area contributed by atoms with E-state index in [1.165, 1.54) is 11.1 Å². The number of hydrogen-bond donors (Lipinski definition) is 2. The number of methoxy groups -OCH3 is 1. The first-order valence-electron chi connectivity index (χ1n) is 11.7. The fourth-order valence-corrected chi connectivity index (χ4v) is 7.14. The van der Waals surface area contributed by atoms with Gasteiger partial charge in [0.15, 0.2) is 5.78 Å². The highest BCUT2D eigenvalue weighted by atomic mass is 16.5. The summed E-state index contributed by atoms with van der Waals surface area (Å²) in [5.74, 6) is 1.26. The SMILES string of the molecule is CO[C@@](C)(/C=C/[C@@H](C)O)[C@H]1CC[C@H]2C3=CC(=O)[C@@H]4CC(=CC[C@H](O)C4)[C@H]3CC[C@@]21C. The molecule has 4 rings (SSSR count). The zero-order chi connectivity index (χ0) is 21.7. The average Bonchev–Trinajstić information content (AvgIpc) is 2.86. The van der Waals surface area contributed by atoms with E-state index in [4.69, 9.17) is 4.74 Å². The highest BCUT2D eigenvalue weighted by Gasteiger charge is 2.57. The number of carbonyl (C=O) groups is 1. The third kappa shape index (κ3) is 3.65. The molecule has 0 radical (unpaired) electrons. The van der Waals surface area contributed by atoms with Crippen molar-refractivity contribution >= 4 is 5.78 Å². The Balaban J connectivity index is 1.69. The molecule has 0 heterocycles. The maximum atomic E-state index is 13.1. The number of fused-ring (bicyclic) bond motifs is 6. The Bertz CT molecular complexity index is 778. The summed E-state index contributed by atoms with van der Waals surface area (Å²) in [5.41, 5.74) is 2.38. The van der Waals surface area contributed by atoms with Crippen LogP contribution in [-0.2, 0) is 9.53 Å². The van der Waals surface area contributed by atoms with Gasteiger partial charge < -0.3 is 14.9 Å². The van der Waals surface area contributed by atoms with Gasteiger partial charge in [-0.3, -0.25) is 4.79 Å². The second-order valence-electron chi connectivity index (χ2n) is 10.6. The third-order valence-electron chi connectivity index (χ3n) is 8.80. The zero-order valence-electron chi connectivity index (χ0n) is 18.9. The van der Waals surface area contributed by atoms with Crippen LogP contribution in [0.25, 0.3) is 0 Å². The van der Waals surface area contributed by atoms with Crippen molar-refractivity contribution < 1.29 is 19.7 Å². The van der Waals surface area contributed by atoms with Crippen LogP contribution in [0.2, 0.25) is 0 Å². The third-order valence-corrected chi connectivity index (χ3v) is 8.80. The van der Waals surface area contributed by atoms with Gasteiger partial charge in [0, 0.05) is 18.9 Å². The number of ether oxygens (including phenoxy) is 1. The lowest BCUT2D eigenvalue weighted by Crippen LogP contribution is -2.46. The van der Waals surface area contributed by atoms with Crippen molar-refractivity contribution in [2.75, 3.05) is 7.11 Å². The molecular weight excluding hydrogens is 376 g/mol. The fraction of sp³-hybridized carbons (Fsp3) is 0.731. The molecule has 4 aliphatic rings. The maximum Gasteiger partial charge on any atom is 0.159 e. The summed E-state index contributed by atoms with van der Waals surface area (Å²) in [6, 6.07) is 0. The number of aliphatic hydroxyl groups is 2. The molecule has 2 saturated carbocycles. The van der Waals surface area contributed by atoms with Crippen molar-refractivity contribution in [3.05, 3.63) is 35.5 Å². The van der Waals surface area contributed by atoms with E-state index >= 15 is 0 Å². The predicted molar refractivity (Wildman–Crippen MR) is 118 cm³/mol. The Hall–Kier alpha value is -1.23. The first-order valence-corrected chi connectivity index (χ1v) is 11.7. The minimum absolute atomic E-state index is 0.0616. The molecule has 2 bridgehead atoms. The molecule has 0 aliphatic heterocycles. The fourth-order valence-electron chi connectivity index (χ4n) is 7.14. The first-order chi connectivity index (χ1) is 14.2. The molecule has 4 nitrogen and oxygen atoms in total. The lowest BCUT2D eigenvalue weighted by atomic mass is 9.57. The summed E-state index contributed by atoms with van der Waals surface area (Å²) in [7, 11) is 1.77. The summed E-state index contributed by atoms with van der Waals surface area (Å²) >= 11 is 0. The van der Waals surface area contributed by atoms with E-state index in [0.717, 1.165) is 32.1 Å². The first kappa shape index (κ1) is 22.0. The van der Waals surface area contributed by atoms with Gasteiger partial charge in [0.05, 0.1) is 17.8 Å². The highest BCUT2D eigenvalue weighted by Crippen LogP contribution is 2.63. The Morgan fingerprint density at radius 3 is 2.80 bits per heavy atom. The Kier molecular flexibility index (Phi) is 5.89. The Morgan fingerprint density at radius 1 is 1.33 bits per heavy atom. The highest BCUT2D eigenvalue weighted by molar-refractivity contribution is 5.93. The molecule has 0 amide bonds. The van der Waals surface area contributed by atoms with Crippen LogP contribution in [0.3, 0.4) is 0 Å². The lowest BCUT2D eigenvalue weighted by molar-refractivity contribution is -0.119. The van der Waals surface area contributed by atoms with Gasteiger partial charge in [0.1, 0.15) is 0 Å². The standard InChI is InChI=1S/C26H38O4/c1-16(27)9-12-26(3,30-4)24-8-7-22-21-15-23(29)18-13-17(5-6-19(28)14-18)20(21)10-11-25(22,24)2/h5,9,12,15-16,18-20,22,24,27-28H,6-8,10-11,13-14H2,1-4H3/b12-9+/t16-,18-,19+,20-,22+,24+,25+,26+/m1/s1. The molecule has 30 heavy (non-hydrogen) atoms. The van der Waals surface area contributed by atoms with Crippen LogP contribution < -0.4 is 0 Å². The number of rotatable bonds is 4. The average molecular weight is 415 g/mol. The van der Waals surface area contributed by atoms with Crippen molar-refractivity contribution in [1.82, 2.24) is 0 Å². The van der Waals surface area contributed by atoms with Gasteiger partial charge in [-0.05, 0) is 82.1 Å². The van der Waals surface area contributed by atoms with Crippen molar-refractivity contribution in [3.8, 4) is 0 Å². The van der Waals surface area contributed by atoms with Crippen molar-refractivity contribution in [1.29, 1.82) is 0 Å². The van der Waals surface area contributed by atoms with Crippen molar-refractivity contribution in [2.24, 2.45) is 29.1 Å². The second-order valence-corrected chi connectivity index (χ2v) is 10.6. The topological polar surface area (TPSA) is 66.8 Å². The monoisotopic (exact) mass is 414 g/mol. The molecule has 0 spiro atoms. The summed E-state index contributed by atoms with van der Waals surface area (Å²) < 4.78 is 6.04. The van der Waals surface area contributed by atoms with Crippen LogP contribution in [-0.4, -0.2) is 40.9 Å². The van der Waals surface area contributed by atoms with Crippen LogP contribution in [0.1, 0.15) is 65.7 Å². The number of allylic oxidation sites excluding steroid dienone is 3. The smallest absolute Gasteiger partial charge is 0.159 e. The largest absolute Gasteiger partial charge is 0.393 e. The normalized spacial score (nSPS) is 41.8. The van der Waals surface area contributed by atoms with Crippen LogP contribution in [0.5, 0.6) is 0 Å². The van der Waals surface area contributed by atoms with Crippen LogP contribution in [0, 0.1) is 29.1 Å². The molecule has 2 fully saturated rings. The molecule has 0 aromatic rings. The summed E-state index contributed by atoms with van der Waals surface area (Å²) in [6.07, 6.45) is 13.6. The van der Waals surface area contributed by atoms with E-state index in [-0.39, 0.29) is 23.2 Å². The van der Waals surface area contributed by atoms with E-state index in [0.29, 0.717) is 30.6 Å².